The Hall–Kier alpha value is -4.22. The summed E-state index contributed by atoms with van der Waals surface area (Å²) in [7, 11) is 3.63. The first-order valence-corrected chi connectivity index (χ1v) is 13.5. The molecule has 1 aliphatic heterocycles. The van der Waals surface area contributed by atoms with Gasteiger partial charge in [-0.05, 0) is 56.8 Å². The number of carboxylic acid groups (broad SMARTS) is 1. The van der Waals surface area contributed by atoms with Crippen molar-refractivity contribution < 1.29 is 29.3 Å². The lowest BCUT2D eigenvalue weighted by Gasteiger charge is -2.38. The number of carbonyl (C=O) groups excluding carboxylic acids is 2. The van der Waals surface area contributed by atoms with E-state index >= 15 is 0 Å². The Kier molecular flexibility index (Phi) is 9.09. The van der Waals surface area contributed by atoms with Gasteiger partial charge >= 0.3 is 5.97 Å². The lowest BCUT2D eigenvalue weighted by Crippen LogP contribution is -2.49. The highest BCUT2D eigenvalue weighted by molar-refractivity contribution is 6.06. The molecule has 3 atom stereocenters. The maximum absolute atomic E-state index is 13.7. The molecule has 2 amide bonds. The highest BCUT2D eigenvalue weighted by atomic mass is 16.5. The third-order valence-electron chi connectivity index (χ3n) is 7.32. The molecule has 2 heterocycles. The van der Waals surface area contributed by atoms with Crippen LogP contribution in [0.5, 0.6) is 5.75 Å². The van der Waals surface area contributed by atoms with Crippen LogP contribution in [0.2, 0.25) is 0 Å². The Morgan fingerprint density at radius 2 is 1.93 bits per heavy atom. The van der Waals surface area contributed by atoms with Gasteiger partial charge in [-0.2, -0.15) is 5.10 Å². The van der Waals surface area contributed by atoms with Crippen LogP contribution in [-0.4, -0.2) is 86.5 Å². The van der Waals surface area contributed by atoms with Crippen molar-refractivity contribution in [1.29, 1.82) is 0 Å². The normalized spacial score (nSPS) is 17.8. The molecule has 0 bridgehead atoms. The number of aryl methyl sites for hydroxylation is 2. The Balaban J connectivity index is 1.65. The number of carboxylic acids is 1. The zero-order valence-electron chi connectivity index (χ0n) is 24.0. The Bertz CT molecular complexity index is 1420. The molecule has 3 aromatic rings. The van der Waals surface area contributed by atoms with E-state index < -0.39 is 12.0 Å². The number of carbonyl (C=O) groups is 3. The minimum absolute atomic E-state index is 0.124. The quantitative estimate of drug-likeness (QED) is 0.361. The third kappa shape index (κ3) is 6.75. The van der Waals surface area contributed by atoms with Gasteiger partial charge in [0.1, 0.15) is 11.8 Å². The second kappa shape index (κ2) is 12.5. The van der Waals surface area contributed by atoms with E-state index in [9.17, 15) is 24.6 Å². The van der Waals surface area contributed by atoms with Crippen LogP contribution < -0.4 is 10.1 Å². The molecule has 218 valence electrons. The van der Waals surface area contributed by atoms with Crippen LogP contribution in [0.15, 0.2) is 48.5 Å². The second-order valence-electron chi connectivity index (χ2n) is 10.8. The smallest absolute Gasteiger partial charge is 0.335 e. The van der Waals surface area contributed by atoms with Crippen LogP contribution >= 0.6 is 0 Å². The van der Waals surface area contributed by atoms with Gasteiger partial charge < -0.3 is 25.2 Å². The first-order valence-electron chi connectivity index (χ1n) is 13.5. The largest absolute Gasteiger partial charge is 0.486 e. The zero-order valence-corrected chi connectivity index (χ0v) is 24.0. The molecule has 41 heavy (non-hydrogen) atoms. The number of ether oxygens (including phenoxy) is 1. The summed E-state index contributed by atoms with van der Waals surface area (Å²) < 4.78 is 8.07. The van der Waals surface area contributed by atoms with Gasteiger partial charge in [0.2, 0.25) is 0 Å². The number of hydrogen-bond donors (Lipinski definition) is 3. The molecule has 0 saturated carbocycles. The number of likely N-dealkylation sites (N-methyl/N-ethyl adjacent to an activating group) is 1. The molecule has 0 saturated heterocycles. The fourth-order valence-corrected chi connectivity index (χ4v) is 5.01. The van der Waals surface area contributed by atoms with Gasteiger partial charge in [-0.15, -0.1) is 0 Å². The highest BCUT2D eigenvalue weighted by Gasteiger charge is 2.34. The number of fused-ring (bicyclic) bond motifs is 1. The molecule has 0 spiro atoms. The maximum atomic E-state index is 13.7. The fraction of sp³-hybridized carbons (Fsp3) is 0.400. The number of aliphatic hydroxyl groups excluding tert-OH is 1. The van der Waals surface area contributed by atoms with Crippen molar-refractivity contribution in [3.63, 3.8) is 0 Å². The van der Waals surface area contributed by atoms with Crippen molar-refractivity contribution in [2.45, 2.75) is 39.5 Å². The summed E-state index contributed by atoms with van der Waals surface area (Å²) in [6, 6.07) is 13.1. The van der Waals surface area contributed by atoms with Crippen molar-refractivity contribution >= 4 is 23.5 Å². The molecule has 11 nitrogen and oxygen atoms in total. The van der Waals surface area contributed by atoms with Crippen LogP contribution in [0.1, 0.15) is 56.3 Å². The number of rotatable bonds is 9. The molecular formula is C30H37N5O6. The monoisotopic (exact) mass is 563 g/mol. The van der Waals surface area contributed by atoms with Crippen molar-refractivity contribution in [1.82, 2.24) is 19.6 Å². The minimum atomic E-state index is -0.974. The summed E-state index contributed by atoms with van der Waals surface area (Å²) >= 11 is 0. The number of amides is 2. The number of aromatic nitrogens is 2. The van der Waals surface area contributed by atoms with Gasteiger partial charge in [-0.1, -0.05) is 25.1 Å². The van der Waals surface area contributed by atoms with Gasteiger partial charge in [-0.3, -0.25) is 19.2 Å². The van der Waals surface area contributed by atoms with Gasteiger partial charge in [0.05, 0.1) is 35.2 Å². The minimum Gasteiger partial charge on any atom is -0.486 e. The maximum Gasteiger partial charge on any atom is 0.335 e. The third-order valence-corrected chi connectivity index (χ3v) is 7.32. The summed E-state index contributed by atoms with van der Waals surface area (Å²) in [5, 5.41) is 26.3. The Labute approximate surface area is 239 Å². The van der Waals surface area contributed by atoms with Crippen molar-refractivity contribution in [2.24, 2.45) is 13.0 Å². The molecule has 1 aliphatic rings. The van der Waals surface area contributed by atoms with E-state index in [-0.39, 0.29) is 41.8 Å². The summed E-state index contributed by atoms with van der Waals surface area (Å²) in [6.07, 6.45) is -0.379. The standard InChI is InChI=1S/C30H37N5O6/c1-18-14-35(20(3)17-36)29(38)23-7-6-8-24(31-28(37)25-13-19(2)32-34(25)5)27(23)41-26(18)16-33(4)15-21-9-11-22(12-10-21)30(39)40/h6-13,18,20,26,36H,14-17H2,1-5H3,(H,31,37)(H,39,40)/t18-,20+,26+/m1/s1. The summed E-state index contributed by atoms with van der Waals surface area (Å²) in [5.41, 5.74) is 2.91. The van der Waals surface area contributed by atoms with Crippen molar-refractivity contribution in [3.8, 4) is 5.75 Å². The summed E-state index contributed by atoms with van der Waals surface area (Å²) in [6.45, 7) is 6.81. The topological polar surface area (TPSA) is 137 Å². The number of anilines is 1. The van der Waals surface area contributed by atoms with E-state index in [1.165, 1.54) is 4.68 Å². The average molecular weight is 564 g/mol. The number of aliphatic hydroxyl groups is 1. The number of aromatic carboxylic acids is 1. The number of hydrogen-bond acceptors (Lipinski definition) is 7. The summed E-state index contributed by atoms with van der Waals surface area (Å²) in [4.78, 5) is 41.8. The Morgan fingerprint density at radius 3 is 2.54 bits per heavy atom. The SMILES string of the molecule is Cc1cc(C(=O)Nc2cccc3c2O[C@@H](CN(C)Cc2ccc(C(=O)O)cc2)[C@H](C)CN([C@@H](C)CO)C3=O)n(C)n1. The number of benzene rings is 2. The first kappa shape index (κ1) is 29.8. The number of para-hydroxylation sites is 1. The predicted molar refractivity (Wildman–Crippen MR) is 153 cm³/mol. The zero-order chi connectivity index (χ0) is 29.8. The van der Waals surface area contributed by atoms with Crippen LogP contribution in [0.3, 0.4) is 0 Å². The molecule has 0 unspecified atom stereocenters. The van der Waals surface area contributed by atoms with E-state index in [1.54, 1.807) is 74.3 Å². The van der Waals surface area contributed by atoms with E-state index in [2.05, 4.69) is 15.3 Å². The first-order chi connectivity index (χ1) is 19.5. The molecule has 0 fully saturated rings. The van der Waals surface area contributed by atoms with E-state index in [0.29, 0.717) is 42.3 Å². The van der Waals surface area contributed by atoms with Gasteiger partial charge in [0.25, 0.3) is 11.8 Å². The lowest BCUT2D eigenvalue weighted by molar-refractivity contribution is 0.0343. The van der Waals surface area contributed by atoms with E-state index in [1.807, 2.05) is 14.0 Å². The molecule has 4 rings (SSSR count). The highest BCUT2D eigenvalue weighted by Crippen LogP contribution is 2.35. The van der Waals surface area contributed by atoms with Gasteiger partial charge in [0.15, 0.2) is 5.75 Å². The van der Waals surface area contributed by atoms with Crippen LogP contribution in [0.25, 0.3) is 0 Å². The van der Waals surface area contributed by atoms with Crippen LogP contribution in [0.4, 0.5) is 5.69 Å². The molecular weight excluding hydrogens is 526 g/mol. The predicted octanol–water partition coefficient (Wildman–Crippen LogP) is 3.03. The van der Waals surface area contributed by atoms with Crippen molar-refractivity contribution in [3.05, 3.63) is 76.6 Å². The number of nitrogens with zero attached hydrogens (tertiary/aromatic N) is 4. The van der Waals surface area contributed by atoms with E-state index in [0.717, 1.165) is 5.56 Å². The van der Waals surface area contributed by atoms with Crippen LogP contribution in [-0.2, 0) is 13.6 Å². The summed E-state index contributed by atoms with van der Waals surface area (Å²) in [5.74, 6) is -1.49. The molecule has 0 radical (unpaired) electrons. The van der Waals surface area contributed by atoms with Crippen molar-refractivity contribution in [2.75, 3.05) is 32.1 Å². The molecule has 1 aromatic heterocycles. The number of nitrogens with one attached hydrogen (secondary N) is 1. The second-order valence-corrected chi connectivity index (χ2v) is 10.8. The molecule has 0 aliphatic carbocycles. The van der Waals surface area contributed by atoms with E-state index in [4.69, 9.17) is 4.74 Å². The lowest BCUT2D eigenvalue weighted by atomic mass is 9.98. The van der Waals surface area contributed by atoms with Gasteiger partial charge in [0, 0.05) is 32.6 Å². The fourth-order valence-electron chi connectivity index (χ4n) is 5.01. The van der Waals surface area contributed by atoms with Gasteiger partial charge in [-0.25, -0.2) is 4.79 Å². The Morgan fingerprint density at radius 1 is 1.22 bits per heavy atom. The molecule has 3 N–H and O–H groups in total. The molecule has 11 heteroatoms. The van der Waals surface area contributed by atoms with Crippen LogP contribution in [0, 0.1) is 12.8 Å². The average Bonchev–Trinajstić information content (AvgIpc) is 3.28. The molecule has 2 aromatic carbocycles.